The largest absolute Gasteiger partial charge is 0.504 e. The molecule has 2 N–H and O–H groups in total. The quantitative estimate of drug-likeness (QED) is 0.783. The molecule has 0 saturated heterocycles. The van der Waals surface area contributed by atoms with Crippen molar-refractivity contribution in [1.29, 1.82) is 0 Å². The highest BCUT2D eigenvalue weighted by molar-refractivity contribution is 7.86. The maximum atomic E-state index is 11.8. The van der Waals surface area contributed by atoms with Crippen molar-refractivity contribution in [3.8, 4) is 17.2 Å². The molecule has 0 aromatic heterocycles. The van der Waals surface area contributed by atoms with Crippen LogP contribution in [-0.2, 0) is 16.5 Å². The Morgan fingerprint density at radius 2 is 1.67 bits per heavy atom. The third kappa shape index (κ3) is 3.08. The molecule has 7 heteroatoms. The van der Waals surface area contributed by atoms with Crippen molar-refractivity contribution in [2.75, 3.05) is 14.2 Å². The number of ether oxygens (including phenoxy) is 2. The predicted molar refractivity (Wildman–Crippen MR) is 79.1 cm³/mol. The summed E-state index contributed by atoms with van der Waals surface area (Å²) in [4.78, 5) is -0.328. The highest BCUT2D eigenvalue weighted by Crippen LogP contribution is 2.49. The zero-order valence-corrected chi connectivity index (χ0v) is 13.7. The van der Waals surface area contributed by atoms with Gasteiger partial charge in [0.1, 0.15) is 10.6 Å². The Kier molecular flexibility index (Phi) is 5.47. The molecule has 1 aromatic rings. The van der Waals surface area contributed by atoms with Gasteiger partial charge in [-0.1, -0.05) is 20.8 Å². The van der Waals surface area contributed by atoms with E-state index in [1.54, 1.807) is 13.8 Å². The number of phenolic OH excluding ortho intramolecular Hbond substituents is 1. The van der Waals surface area contributed by atoms with Gasteiger partial charge in [0, 0.05) is 11.1 Å². The van der Waals surface area contributed by atoms with Crippen LogP contribution in [0, 0.1) is 0 Å². The van der Waals surface area contributed by atoms with Crippen LogP contribution in [0.3, 0.4) is 0 Å². The average Bonchev–Trinajstić information content (AvgIpc) is 2.43. The molecule has 0 aliphatic carbocycles. The zero-order valence-electron chi connectivity index (χ0n) is 12.9. The van der Waals surface area contributed by atoms with Gasteiger partial charge in [-0.2, -0.15) is 8.42 Å². The van der Waals surface area contributed by atoms with Crippen molar-refractivity contribution in [1.82, 2.24) is 0 Å². The van der Waals surface area contributed by atoms with Crippen molar-refractivity contribution in [2.45, 2.75) is 44.4 Å². The molecule has 1 atom stereocenters. The van der Waals surface area contributed by atoms with Gasteiger partial charge in [-0.25, -0.2) is 0 Å². The number of methoxy groups -OCH3 is 2. The molecule has 21 heavy (non-hydrogen) atoms. The van der Waals surface area contributed by atoms with Crippen molar-refractivity contribution in [3.05, 3.63) is 11.1 Å². The van der Waals surface area contributed by atoms with Crippen LogP contribution in [0.4, 0.5) is 0 Å². The number of aromatic hydroxyl groups is 1. The topological polar surface area (TPSA) is 93.1 Å². The van der Waals surface area contributed by atoms with E-state index in [0.717, 1.165) is 0 Å². The fourth-order valence-electron chi connectivity index (χ4n) is 2.39. The summed E-state index contributed by atoms with van der Waals surface area (Å²) >= 11 is 0. The summed E-state index contributed by atoms with van der Waals surface area (Å²) in [5.74, 6) is -0.370. The molecule has 0 bridgehead atoms. The van der Waals surface area contributed by atoms with Gasteiger partial charge in [0.05, 0.1) is 14.2 Å². The third-order valence-electron chi connectivity index (χ3n) is 3.60. The summed E-state index contributed by atoms with van der Waals surface area (Å²) in [6.07, 6.45) is 0.932. The summed E-state index contributed by atoms with van der Waals surface area (Å²) in [5.41, 5.74) is 0.517. The summed E-state index contributed by atoms with van der Waals surface area (Å²) < 4.78 is 43.6. The monoisotopic (exact) mass is 318 g/mol. The van der Waals surface area contributed by atoms with E-state index in [0.29, 0.717) is 12.8 Å². The molecule has 1 aromatic carbocycles. The van der Waals surface area contributed by atoms with E-state index in [2.05, 4.69) is 0 Å². The maximum absolute atomic E-state index is 11.8. The van der Waals surface area contributed by atoms with Gasteiger partial charge in [0.2, 0.25) is 0 Å². The normalized spacial score (nSPS) is 13.0. The van der Waals surface area contributed by atoms with Crippen molar-refractivity contribution in [2.24, 2.45) is 0 Å². The lowest BCUT2D eigenvalue weighted by Gasteiger charge is -2.23. The molecular formula is C14H22O6S. The first kappa shape index (κ1) is 17.6. The number of hydrogen-bond acceptors (Lipinski definition) is 5. The van der Waals surface area contributed by atoms with Crippen LogP contribution in [0.1, 0.15) is 44.2 Å². The van der Waals surface area contributed by atoms with Crippen LogP contribution in [-0.4, -0.2) is 32.3 Å². The van der Waals surface area contributed by atoms with Gasteiger partial charge in [-0.15, -0.1) is 0 Å². The zero-order chi connectivity index (χ0) is 16.4. The van der Waals surface area contributed by atoms with E-state index in [4.69, 9.17) is 9.47 Å². The first-order valence-corrected chi connectivity index (χ1v) is 8.15. The van der Waals surface area contributed by atoms with Crippen LogP contribution < -0.4 is 9.47 Å². The van der Waals surface area contributed by atoms with Crippen LogP contribution in [0.25, 0.3) is 0 Å². The van der Waals surface area contributed by atoms with Gasteiger partial charge >= 0.3 is 0 Å². The molecular weight excluding hydrogens is 296 g/mol. The fourth-order valence-corrected chi connectivity index (χ4v) is 3.41. The molecule has 0 amide bonds. The number of phenols is 1. The summed E-state index contributed by atoms with van der Waals surface area (Å²) in [7, 11) is -1.88. The third-order valence-corrected chi connectivity index (χ3v) is 4.52. The minimum absolute atomic E-state index is 0.0337. The lowest BCUT2D eigenvalue weighted by molar-refractivity contribution is 0.344. The molecule has 6 nitrogen and oxygen atoms in total. The molecule has 0 radical (unpaired) electrons. The van der Waals surface area contributed by atoms with Gasteiger partial charge < -0.3 is 14.6 Å². The second-order valence-electron chi connectivity index (χ2n) is 4.77. The second-order valence-corrected chi connectivity index (χ2v) is 6.13. The van der Waals surface area contributed by atoms with E-state index in [-0.39, 0.29) is 39.2 Å². The van der Waals surface area contributed by atoms with Crippen LogP contribution in [0.5, 0.6) is 17.2 Å². The minimum atomic E-state index is -4.53. The number of benzene rings is 1. The molecule has 0 fully saturated rings. The smallest absolute Gasteiger partial charge is 0.298 e. The Morgan fingerprint density at radius 3 is 2.00 bits per heavy atom. The van der Waals surface area contributed by atoms with E-state index in [1.165, 1.54) is 14.2 Å². The van der Waals surface area contributed by atoms with E-state index < -0.39 is 10.1 Å². The summed E-state index contributed by atoms with van der Waals surface area (Å²) in [5, 5.41) is 10.3. The van der Waals surface area contributed by atoms with Crippen molar-refractivity contribution >= 4 is 10.1 Å². The summed E-state index contributed by atoms with van der Waals surface area (Å²) in [6.45, 7) is 5.40. The maximum Gasteiger partial charge on any atom is 0.298 e. The van der Waals surface area contributed by atoms with Gasteiger partial charge in [-0.3, -0.25) is 4.55 Å². The van der Waals surface area contributed by atoms with Crippen molar-refractivity contribution < 1.29 is 27.6 Å². The Labute approximate surface area is 125 Å². The first-order chi connectivity index (χ1) is 9.74. The molecule has 120 valence electrons. The molecule has 1 unspecified atom stereocenters. The van der Waals surface area contributed by atoms with E-state index in [1.807, 2.05) is 6.92 Å². The Bertz CT molecular complexity index is 621. The molecule has 0 heterocycles. The SMILES string of the molecule is CCc1c(O)c(OC)c(C(C)CC)c(S(=O)(=O)O)c1OC. The van der Waals surface area contributed by atoms with Gasteiger partial charge in [0.15, 0.2) is 11.5 Å². The Balaban J connectivity index is 4.04. The highest BCUT2D eigenvalue weighted by atomic mass is 32.2. The van der Waals surface area contributed by atoms with Crippen LogP contribution in [0.15, 0.2) is 4.90 Å². The second kappa shape index (κ2) is 6.53. The van der Waals surface area contributed by atoms with Crippen LogP contribution in [0.2, 0.25) is 0 Å². The lowest BCUT2D eigenvalue weighted by atomic mass is 9.94. The first-order valence-electron chi connectivity index (χ1n) is 6.71. The van der Waals surface area contributed by atoms with Crippen molar-refractivity contribution in [3.63, 3.8) is 0 Å². The Hall–Kier alpha value is -1.47. The highest BCUT2D eigenvalue weighted by Gasteiger charge is 2.33. The van der Waals surface area contributed by atoms with Gasteiger partial charge in [0.25, 0.3) is 10.1 Å². The average molecular weight is 318 g/mol. The molecule has 1 rings (SSSR count). The standard InChI is InChI=1S/C14H22O6S/c1-6-8(3)10-13(20-5)11(15)9(7-2)12(19-4)14(10)21(16,17)18/h8,15H,6-7H2,1-5H3,(H,16,17,18). The number of rotatable bonds is 6. The van der Waals surface area contributed by atoms with E-state index in [9.17, 15) is 18.1 Å². The molecule has 0 saturated carbocycles. The number of hydrogen-bond donors (Lipinski definition) is 2. The molecule has 0 spiro atoms. The van der Waals surface area contributed by atoms with Gasteiger partial charge in [-0.05, 0) is 18.8 Å². The molecule has 0 aliphatic heterocycles. The lowest BCUT2D eigenvalue weighted by Crippen LogP contribution is -2.12. The summed E-state index contributed by atoms with van der Waals surface area (Å²) in [6, 6.07) is 0. The molecule has 0 aliphatic rings. The van der Waals surface area contributed by atoms with Crippen LogP contribution >= 0.6 is 0 Å². The fraction of sp³-hybridized carbons (Fsp3) is 0.571. The minimum Gasteiger partial charge on any atom is -0.504 e. The van der Waals surface area contributed by atoms with E-state index >= 15 is 0 Å². The predicted octanol–water partition coefficient (Wildman–Crippen LogP) is 2.73. The Morgan fingerprint density at radius 1 is 1.14 bits per heavy atom.